The zero-order valence-corrected chi connectivity index (χ0v) is 18.6. The van der Waals surface area contributed by atoms with Crippen LogP contribution in [0.4, 0.5) is 6.01 Å². The summed E-state index contributed by atoms with van der Waals surface area (Å²) in [5, 5.41) is 10.2. The zero-order valence-electron chi connectivity index (χ0n) is 14.7. The van der Waals surface area contributed by atoms with Gasteiger partial charge < -0.3 is 4.42 Å². The largest absolute Gasteiger partial charge is 0.407 e. The lowest BCUT2D eigenvalue weighted by Crippen LogP contribution is -2.42. The fourth-order valence-electron chi connectivity index (χ4n) is 3.00. The molecule has 3 aromatic heterocycles. The van der Waals surface area contributed by atoms with E-state index in [9.17, 15) is 13.2 Å². The number of amides is 1. The average Bonchev–Trinajstić information content (AvgIpc) is 3.43. The molecule has 1 unspecified atom stereocenters. The summed E-state index contributed by atoms with van der Waals surface area (Å²) in [6.45, 7) is 0.254. The van der Waals surface area contributed by atoms with Gasteiger partial charge in [-0.2, -0.15) is 4.31 Å². The van der Waals surface area contributed by atoms with Gasteiger partial charge in [0.25, 0.3) is 10.0 Å². The molecule has 1 amide bonds. The van der Waals surface area contributed by atoms with E-state index in [1.54, 1.807) is 6.07 Å². The smallest absolute Gasteiger partial charge is 0.322 e. The molecule has 8 nitrogen and oxygen atoms in total. The molecule has 4 rings (SSSR count). The lowest BCUT2D eigenvalue weighted by Gasteiger charge is -2.21. The predicted molar refractivity (Wildman–Crippen MR) is 111 cm³/mol. The Labute approximate surface area is 184 Å². The molecule has 1 saturated heterocycles. The lowest BCUT2D eigenvalue weighted by atomic mass is 10.2. The van der Waals surface area contributed by atoms with Crippen molar-refractivity contribution >= 4 is 67.8 Å². The van der Waals surface area contributed by atoms with E-state index in [4.69, 9.17) is 27.6 Å². The first-order chi connectivity index (χ1) is 13.8. The van der Waals surface area contributed by atoms with Crippen LogP contribution >= 0.6 is 45.9 Å². The number of aromatic nitrogens is 2. The molecule has 4 heterocycles. The normalized spacial score (nSPS) is 17.7. The van der Waals surface area contributed by atoms with Crippen LogP contribution in [0.5, 0.6) is 0 Å². The molecule has 0 saturated carbocycles. The molecular formula is C16H14Cl2N4O4S3. The summed E-state index contributed by atoms with van der Waals surface area (Å²) < 4.78 is 33.5. The number of nitrogens with zero attached hydrogens (tertiary/aromatic N) is 3. The molecule has 0 bridgehead atoms. The van der Waals surface area contributed by atoms with Crippen LogP contribution < -0.4 is 5.32 Å². The highest BCUT2D eigenvalue weighted by atomic mass is 35.5. The summed E-state index contributed by atoms with van der Waals surface area (Å²) >= 11 is 14.1. The fraction of sp³-hybridized carbons (Fsp3) is 0.312. The highest BCUT2D eigenvalue weighted by Crippen LogP contribution is 2.32. The van der Waals surface area contributed by atoms with E-state index in [1.807, 2.05) is 6.07 Å². The van der Waals surface area contributed by atoms with Gasteiger partial charge >= 0.3 is 6.01 Å². The first-order valence-electron chi connectivity index (χ1n) is 8.47. The summed E-state index contributed by atoms with van der Waals surface area (Å²) in [5.41, 5.74) is 0. The predicted octanol–water partition coefficient (Wildman–Crippen LogP) is 3.88. The second kappa shape index (κ2) is 8.32. The topological polar surface area (TPSA) is 105 Å². The number of hydrogen-bond acceptors (Lipinski definition) is 8. The first-order valence-corrected chi connectivity index (χ1v) is 12.3. The Balaban J connectivity index is 1.45. The van der Waals surface area contributed by atoms with Crippen molar-refractivity contribution in [3.8, 4) is 0 Å². The second-order valence-corrected chi connectivity index (χ2v) is 11.8. The van der Waals surface area contributed by atoms with Crippen LogP contribution in [0.1, 0.15) is 23.6 Å². The molecule has 0 aromatic carbocycles. The monoisotopic (exact) mass is 492 g/mol. The Morgan fingerprint density at radius 3 is 2.66 bits per heavy atom. The number of anilines is 1. The van der Waals surface area contributed by atoms with Gasteiger partial charge in [-0.3, -0.25) is 10.1 Å². The molecule has 1 atom stereocenters. The molecule has 154 valence electrons. The maximum absolute atomic E-state index is 12.9. The Hall–Kier alpha value is -1.50. The van der Waals surface area contributed by atoms with Gasteiger partial charge in [-0.25, -0.2) is 8.42 Å². The number of rotatable bonds is 6. The average molecular weight is 493 g/mol. The summed E-state index contributed by atoms with van der Waals surface area (Å²) in [6, 6.07) is 5.66. The third-order valence-corrected chi connectivity index (χ3v) is 9.11. The summed E-state index contributed by atoms with van der Waals surface area (Å²) in [5.74, 6) is -0.189. The van der Waals surface area contributed by atoms with Gasteiger partial charge in [0.2, 0.25) is 11.8 Å². The minimum atomic E-state index is -3.81. The molecule has 1 aliphatic heterocycles. The minimum Gasteiger partial charge on any atom is -0.407 e. The van der Waals surface area contributed by atoms with E-state index in [0.717, 1.165) is 16.2 Å². The summed E-state index contributed by atoms with van der Waals surface area (Å²) in [7, 11) is -3.81. The molecule has 29 heavy (non-hydrogen) atoms. The van der Waals surface area contributed by atoms with Gasteiger partial charge in [0.05, 0.1) is 15.1 Å². The number of hydrogen-bond donors (Lipinski definition) is 1. The summed E-state index contributed by atoms with van der Waals surface area (Å²) in [6.07, 6.45) is 1.37. The SMILES string of the molecule is O=C(Nc1nnc(Cc2ccc(Cl)s2)o1)C1CCCN1S(=O)(=O)c1ccc(Cl)s1. The van der Waals surface area contributed by atoms with Gasteiger partial charge in [0.15, 0.2) is 0 Å². The van der Waals surface area contributed by atoms with Crippen LogP contribution in [-0.2, 0) is 21.2 Å². The van der Waals surface area contributed by atoms with E-state index < -0.39 is 22.0 Å². The highest BCUT2D eigenvalue weighted by Gasteiger charge is 2.40. The van der Waals surface area contributed by atoms with Crippen molar-refractivity contribution in [2.24, 2.45) is 0 Å². The van der Waals surface area contributed by atoms with Crippen molar-refractivity contribution in [2.75, 3.05) is 11.9 Å². The van der Waals surface area contributed by atoms with Crippen LogP contribution in [0, 0.1) is 0 Å². The maximum Gasteiger partial charge on any atom is 0.322 e. The van der Waals surface area contributed by atoms with Crippen LogP contribution in [0.15, 0.2) is 32.9 Å². The lowest BCUT2D eigenvalue weighted by molar-refractivity contribution is -0.119. The van der Waals surface area contributed by atoms with Crippen molar-refractivity contribution in [1.29, 1.82) is 0 Å². The molecule has 13 heteroatoms. The number of halogens is 2. The van der Waals surface area contributed by atoms with Crippen molar-refractivity contribution in [3.05, 3.63) is 43.7 Å². The zero-order chi connectivity index (χ0) is 20.6. The molecular weight excluding hydrogens is 479 g/mol. The van der Waals surface area contributed by atoms with E-state index in [0.29, 0.717) is 33.8 Å². The third-order valence-electron chi connectivity index (χ3n) is 4.27. The van der Waals surface area contributed by atoms with Crippen LogP contribution in [0.3, 0.4) is 0 Å². The Morgan fingerprint density at radius 1 is 1.21 bits per heavy atom. The minimum absolute atomic E-state index is 0.0731. The maximum atomic E-state index is 12.9. The van der Waals surface area contributed by atoms with Gasteiger partial charge in [-0.15, -0.1) is 27.8 Å². The van der Waals surface area contributed by atoms with Gasteiger partial charge in [-0.05, 0) is 37.1 Å². The quantitative estimate of drug-likeness (QED) is 0.559. The molecule has 1 N–H and O–H groups in total. The van der Waals surface area contributed by atoms with E-state index >= 15 is 0 Å². The first kappa shape index (κ1) is 20.8. The molecule has 3 aromatic rings. The second-order valence-electron chi connectivity index (χ2n) is 6.21. The molecule has 1 aliphatic rings. The molecule has 1 fully saturated rings. The van der Waals surface area contributed by atoms with Crippen LogP contribution in [0.2, 0.25) is 8.67 Å². The highest BCUT2D eigenvalue weighted by molar-refractivity contribution is 7.91. The van der Waals surface area contributed by atoms with E-state index in [1.165, 1.54) is 27.8 Å². The molecule has 0 aliphatic carbocycles. The standard InChI is InChI=1S/C16H14Cl2N4O4S3/c17-11-4-3-9(27-11)8-13-20-21-16(26-13)19-15(23)10-2-1-7-22(10)29(24,25)14-6-5-12(18)28-14/h3-6,10H,1-2,7-8H2,(H,19,21,23). The number of carbonyl (C=O) groups is 1. The van der Waals surface area contributed by atoms with Gasteiger partial charge in [0, 0.05) is 11.4 Å². The van der Waals surface area contributed by atoms with Gasteiger partial charge in [0.1, 0.15) is 10.3 Å². The van der Waals surface area contributed by atoms with Crippen molar-refractivity contribution in [2.45, 2.75) is 29.5 Å². The van der Waals surface area contributed by atoms with Crippen molar-refractivity contribution < 1.29 is 17.6 Å². The molecule has 0 spiro atoms. The van der Waals surface area contributed by atoms with Crippen molar-refractivity contribution in [3.63, 3.8) is 0 Å². The number of sulfonamides is 1. The number of thiophene rings is 2. The molecule has 0 radical (unpaired) electrons. The Kier molecular flexibility index (Phi) is 5.96. The van der Waals surface area contributed by atoms with E-state index in [-0.39, 0.29) is 16.8 Å². The van der Waals surface area contributed by atoms with Crippen molar-refractivity contribution in [1.82, 2.24) is 14.5 Å². The van der Waals surface area contributed by atoms with Gasteiger partial charge in [-0.1, -0.05) is 28.3 Å². The van der Waals surface area contributed by atoms with Crippen LogP contribution in [0.25, 0.3) is 0 Å². The number of carbonyl (C=O) groups excluding carboxylic acids is 1. The van der Waals surface area contributed by atoms with E-state index in [2.05, 4.69) is 15.5 Å². The fourth-order valence-corrected chi connectivity index (χ4v) is 7.35. The Bertz CT molecular complexity index is 1140. The van der Waals surface area contributed by atoms with Crippen LogP contribution in [-0.4, -0.2) is 41.4 Å². The number of nitrogens with one attached hydrogen (secondary N) is 1. The summed E-state index contributed by atoms with van der Waals surface area (Å²) in [4.78, 5) is 13.6. The third kappa shape index (κ3) is 4.49. The Morgan fingerprint density at radius 2 is 1.97 bits per heavy atom.